The van der Waals surface area contributed by atoms with Crippen LogP contribution >= 0.6 is 0 Å². The molecule has 70 valence electrons. The molecule has 0 saturated carbocycles. The van der Waals surface area contributed by atoms with Crippen LogP contribution in [0.1, 0.15) is 23.6 Å². The fourth-order valence-corrected chi connectivity index (χ4v) is 1.51. The fraction of sp³-hybridized carbons (Fsp3) is 0.364. The Bertz CT molecular complexity index is 326. The van der Waals surface area contributed by atoms with Crippen molar-refractivity contribution in [3.63, 3.8) is 0 Å². The van der Waals surface area contributed by atoms with Crippen molar-refractivity contribution in [2.75, 3.05) is 0 Å². The number of aliphatic imine (C=N–C) groups is 1. The van der Waals surface area contributed by atoms with Crippen molar-refractivity contribution in [3.05, 3.63) is 28.8 Å². The van der Waals surface area contributed by atoms with Crippen molar-refractivity contribution in [1.29, 1.82) is 0 Å². The van der Waals surface area contributed by atoms with Gasteiger partial charge in [-0.05, 0) is 44.7 Å². The van der Waals surface area contributed by atoms with Gasteiger partial charge in [-0.3, -0.25) is 4.99 Å². The molecule has 0 saturated heterocycles. The van der Waals surface area contributed by atoms with Gasteiger partial charge in [0.2, 0.25) is 0 Å². The number of benzene rings is 1. The molecule has 13 heavy (non-hydrogen) atoms. The van der Waals surface area contributed by atoms with E-state index in [4.69, 9.17) is 0 Å². The summed E-state index contributed by atoms with van der Waals surface area (Å²) >= 11 is 0. The van der Waals surface area contributed by atoms with Gasteiger partial charge in [-0.1, -0.05) is 17.7 Å². The molecule has 0 aliphatic heterocycles. The third-order valence-corrected chi connectivity index (χ3v) is 1.90. The highest BCUT2D eigenvalue weighted by Crippen LogP contribution is 2.24. The van der Waals surface area contributed by atoms with Crippen LogP contribution in [0.15, 0.2) is 17.1 Å². The summed E-state index contributed by atoms with van der Waals surface area (Å²) in [7, 11) is 0. The summed E-state index contributed by atoms with van der Waals surface area (Å²) in [5, 5.41) is 10.8. The molecule has 0 unspecified atom stereocenters. The van der Waals surface area contributed by atoms with E-state index in [0.29, 0.717) is 0 Å². The van der Waals surface area contributed by atoms with Crippen LogP contribution in [0.25, 0.3) is 0 Å². The summed E-state index contributed by atoms with van der Waals surface area (Å²) in [6.45, 7) is 7.46. The highest BCUT2D eigenvalue weighted by Gasteiger charge is 2.00. The minimum atomic E-state index is -0.143. The normalized spacial score (nSPS) is 11.8. The van der Waals surface area contributed by atoms with Gasteiger partial charge in [0.25, 0.3) is 0 Å². The molecule has 0 spiro atoms. The first-order valence-electron chi connectivity index (χ1n) is 4.31. The van der Waals surface area contributed by atoms with Gasteiger partial charge in [-0.15, -0.1) is 0 Å². The number of aryl methyl sites for hydroxylation is 3. The van der Waals surface area contributed by atoms with Crippen LogP contribution in [0.5, 0.6) is 0 Å². The van der Waals surface area contributed by atoms with Gasteiger partial charge in [0, 0.05) is 0 Å². The second-order valence-corrected chi connectivity index (χ2v) is 3.38. The lowest BCUT2D eigenvalue weighted by Crippen LogP contribution is -2.11. The van der Waals surface area contributed by atoms with Crippen LogP contribution in [-0.4, -0.2) is 5.90 Å². The van der Waals surface area contributed by atoms with Crippen LogP contribution in [0, 0.1) is 20.8 Å². The Morgan fingerprint density at radius 3 is 2.00 bits per heavy atom. The first-order chi connectivity index (χ1) is 6.00. The lowest BCUT2D eigenvalue weighted by atomic mass is 10.1. The van der Waals surface area contributed by atoms with E-state index >= 15 is 0 Å². The van der Waals surface area contributed by atoms with Crippen LogP contribution < -0.4 is 5.11 Å². The predicted octanol–water partition coefficient (Wildman–Crippen LogP) is 2.02. The maximum absolute atomic E-state index is 10.8. The van der Waals surface area contributed by atoms with Crippen molar-refractivity contribution in [3.8, 4) is 0 Å². The summed E-state index contributed by atoms with van der Waals surface area (Å²) in [5.74, 6) is -0.143. The lowest BCUT2D eigenvalue weighted by molar-refractivity contribution is -0.215. The number of hydrogen-bond donors (Lipinski definition) is 0. The zero-order chi connectivity index (χ0) is 10.0. The Kier molecular flexibility index (Phi) is 2.71. The minimum Gasteiger partial charge on any atom is -0.862 e. The molecular weight excluding hydrogens is 162 g/mol. The molecule has 0 atom stereocenters. The van der Waals surface area contributed by atoms with Crippen LogP contribution in [0.2, 0.25) is 0 Å². The molecule has 0 aromatic heterocycles. The van der Waals surface area contributed by atoms with Crippen molar-refractivity contribution in [2.24, 2.45) is 4.99 Å². The Labute approximate surface area is 78.9 Å². The molecule has 0 aliphatic carbocycles. The molecule has 0 aliphatic rings. The molecule has 0 radical (unpaired) electrons. The van der Waals surface area contributed by atoms with Crippen molar-refractivity contribution < 1.29 is 5.11 Å². The first kappa shape index (κ1) is 9.78. The van der Waals surface area contributed by atoms with Crippen molar-refractivity contribution in [1.82, 2.24) is 0 Å². The van der Waals surface area contributed by atoms with Gasteiger partial charge in [0.15, 0.2) is 0 Å². The maximum Gasteiger partial charge on any atom is 0.0676 e. The average molecular weight is 176 g/mol. The fourth-order valence-electron chi connectivity index (χ4n) is 1.51. The Morgan fingerprint density at radius 1 is 1.15 bits per heavy atom. The number of hydrogen-bond acceptors (Lipinski definition) is 2. The van der Waals surface area contributed by atoms with E-state index in [2.05, 4.69) is 4.99 Å². The lowest BCUT2D eigenvalue weighted by Gasteiger charge is -2.09. The van der Waals surface area contributed by atoms with Crippen molar-refractivity contribution >= 4 is 11.6 Å². The van der Waals surface area contributed by atoms with E-state index in [9.17, 15) is 5.11 Å². The molecule has 0 amide bonds. The van der Waals surface area contributed by atoms with Gasteiger partial charge in [0.1, 0.15) is 0 Å². The largest absolute Gasteiger partial charge is 0.862 e. The molecule has 0 bridgehead atoms. The second kappa shape index (κ2) is 3.60. The quantitative estimate of drug-likeness (QED) is 0.476. The zero-order valence-electron chi connectivity index (χ0n) is 8.51. The summed E-state index contributed by atoms with van der Waals surface area (Å²) < 4.78 is 0. The number of nitrogens with zero attached hydrogens (tertiary/aromatic N) is 1. The summed E-state index contributed by atoms with van der Waals surface area (Å²) in [6.07, 6.45) is 0. The van der Waals surface area contributed by atoms with Gasteiger partial charge < -0.3 is 5.11 Å². The highest BCUT2D eigenvalue weighted by atomic mass is 16.3. The molecule has 0 heterocycles. The third kappa shape index (κ3) is 2.31. The van der Waals surface area contributed by atoms with Crippen LogP contribution in [0.3, 0.4) is 0 Å². The molecule has 2 nitrogen and oxygen atoms in total. The van der Waals surface area contributed by atoms with Gasteiger partial charge in [-0.25, -0.2) is 0 Å². The monoisotopic (exact) mass is 176 g/mol. The SMILES string of the molecule is CC([O-])=Nc1c(C)cc(C)cc1C. The highest BCUT2D eigenvalue weighted by molar-refractivity contribution is 5.74. The molecule has 0 fully saturated rings. The molecule has 1 aromatic rings. The standard InChI is InChI=1S/C11H15NO/c1-7-5-8(2)11(9(3)6-7)12-10(4)13/h5-6H,1-4H3,(H,12,13)/p-1. The van der Waals surface area contributed by atoms with Crippen LogP contribution in [0.4, 0.5) is 5.69 Å². The first-order valence-corrected chi connectivity index (χ1v) is 4.31. The van der Waals surface area contributed by atoms with Gasteiger partial charge in [-0.2, -0.15) is 0 Å². The number of rotatable bonds is 1. The van der Waals surface area contributed by atoms with E-state index in [0.717, 1.165) is 16.8 Å². The Hall–Kier alpha value is -1.31. The molecule has 2 heteroatoms. The zero-order valence-corrected chi connectivity index (χ0v) is 8.51. The third-order valence-electron chi connectivity index (χ3n) is 1.90. The summed E-state index contributed by atoms with van der Waals surface area (Å²) in [4.78, 5) is 3.96. The van der Waals surface area contributed by atoms with E-state index in [1.807, 2.05) is 32.9 Å². The molecule has 1 rings (SSSR count). The minimum absolute atomic E-state index is 0.143. The summed E-state index contributed by atoms with van der Waals surface area (Å²) in [5.41, 5.74) is 4.15. The van der Waals surface area contributed by atoms with Crippen molar-refractivity contribution in [2.45, 2.75) is 27.7 Å². The van der Waals surface area contributed by atoms with E-state index < -0.39 is 0 Å². The van der Waals surface area contributed by atoms with Gasteiger partial charge in [0.05, 0.1) is 5.69 Å². The topological polar surface area (TPSA) is 35.4 Å². The second-order valence-electron chi connectivity index (χ2n) is 3.38. The van der Waals surface area contributed by atoms with Gasteiger partial charge >= 0.3 is 0 Å². The Morgan fingerprint density at radius 2 is 1.62 bits per heavy atom. The predicted molar refractivity (Wildman–Crippen MR) is 53.4 cm³/mol. The molecule has 1 aromatic carbocycles. The Balaban J connectivity index is 3.29. The van der Waals surface area contributed by atoms with Crippen LogP contribution in [-0.2, 0) is 0 Å². The molecular formula is C11H14NO-. The van der Waals surface area contributed by atoms with E-state index in [1.165, 1.54) is 12.5 Å². The van der Waals surface area contributed by atoms with E-state index in [1.54, 1.807) is 0 Å². The smallest absolute Gasteiger partial charge is 0.0676 e. The summed E-state index contributed by atoms with van der Waals surface area (Å²) in [6, 6.07) is 4.07. The van der Waals surface area contributed by atoms with E-state index in [-0.39, 0.29) is 5.90 Å². The average Bonchev–Trinajstić information content (AvgIpc) is 1.96. The molecule has 0 N–H and O–H groups in total. The maximum atomic E-state index is 10.8.